The molecule has 2 fully saturated rings. The van der Waals surface area contributed by atoms with Gasteiger partial charge in [0.2, 0.25) is 12.1 Å². The maximum Gasteiger partial charge on any atom is 0.412 e. The fourth-order valence-corrected chi connectivity index (χ4v) is 11.7. The molecular weight excluding hydrogens is 911 g/mol. The summed E-state index contributed by atoms with van der Waals surface area (Å²) in [6.45, 7) is 9.93. The van der Waals surface area contributed by atoms with Gasteiger partial charge in [0.25, 0.3) is 0 Å². The first-order valence-electron chi connectivity index (χ1n) is 27.6. The number of nitrogens with one attached hydrogen (secondary N) is 1. The molecule has 72 heavy (non-hydrogen) atoms. The predicted octanol–water partition coefficient (Wildman–Crippen LogP) is 12.7. The fraction of sp³-hybridized carbons (Fsp3) is 0.610. The largest absolute Gasteiger partial charge is 0.459 e. The number of aliphatic hydroxyl groups excluding tert-OH is 2. The summed E-state index contributed by atoms with van der Waals surface area (Å²) in [6, 6.07) is 19.1. The molecule has 1 saturated carbocycles. The number of aliphatic hydroxyl groups is 2. The van der Waals surface area contributed by atoms with Gasteiger partial charge in [-0.15, -0.1) is 6.58 Å². The predicted molar refractivity (Wildman–Crippen MR) is 282 cm³/mol. The van der Waals surface area contributed by atoms with Crippen molar-refractivity contribution in [3.63, 3.8) is 0 Å². The number of unbranched alkanes of at least 4 members (excludes halogenated alkanes) is 11. The topological polar surface area (TPSA) is 158 Å². The Kier molecular flexibility index (Phi) is 21.7. The van der Waals surface area contributed by atoms with Gasteiger partial charge in [-0.2, -0.15) is 0 Å². The molecule has 2 aliphatic carbocycles. The number of carbonyl (C=O) groups excluding carboxylic acids is 2. The van der Waals surface area contributed by atoms with Gasteiger partial charge in [-0.3, -0.25) is 4.90 Å². The van der Waals surface area contributed by atoms with Gasteiger partial charge in [-0.05, 0) is 104 Å². The lowest BCUT2D eigenvalue weighted by atomic mass is 9.55. The minimum absolute atomic E-state index is 0.0181. The monoisotopic (exact) mass is 994 g/mol. The Labute approximate surface area is 428 Å². The second-order valence-electron chi connectivity index (χ2n) is 20.2. The second-order valence-corrected chi connectivity index (χ2v) is 20.2. The molecule has 2 amide bonds. The van der Waals surface area contributed by atoms with Crippen LogP contribution in [0, 0.1) is 17.8 Å². The number of fused-ring (bicyclic) bond motifs is 3. The summed E-state index contributed by atoms with van der Waals surface area (Å²) in [6.07, 6.45) is 21.4. The molecule has 13 nitrogen and oxygen atoms in total. The Morgan fingerprint density at radius 3 is 2.38 bits per heavy atom. The van der Waals surface area contributed by atoms with Crippen molar-refractivity contribution in [2.24, 2.45) is 22.9 Å². The van der Waals surface area contributed by atoms with E-state index in [2.05, 4.69) is 49.2 Å². The van der Waals surface area contributed by atoms with Crippen molar-refractivity contribution >= 4 is 28.7 Å². The van der Waals surface area contributed by atoms with E-state index in [-0.39, 0.29) is 57.1 Å². The van der Waals surface area contributed by atoms with Crippen molar-refractivity contribution in [1.82, 2.24) is 10.2 Å². The van der Waals surface area contributed by atoms with Gasteiger partial charge in [0.1, 0.15) is 17.5 Å². The maximum absolute atomic E-state index is 15.3. The van der Waals surface area contributed by atoms with Crippen LogP contribution < -0.4 is 14.8 Å². The summed E-state index contributed by atoms with van der Waals surface area (Å²) in [5, 5.41) is 30.0. The Morgan fingerprint density at radius 2 is 1.64 bits per heavy atom. The number of allylic oxidation sites excluding steroid dienone is 1. The minimum Gasteiger partial charge on any atom is -0.459 e. The summed E-state index contributed by atoms with van der Waals surface area (Å²) in [5.41, 5.74) is 3.39. The van der Waals surface area contributed by atoms with Gasteiger partial charge in [0.15, 0.2) is 0 Å². The molecule has 3 aromatic carbocycles. The van der Waals surface area contributed by atoms with Gasteiger partial charge in [-0.25, -0.2) is 9.59 Å². The van der Waals surface area contributed by atoms with E-state index in [0.717, 1.165) is 85.3 Å². The molecule has 0 radical (unpaired) electrons. The van der Waals surface area contributed by atoms with Crippen LogP contribution in [0.5, 0.6) is 11.5 Å². The normalized spacial score (nSPS) is 23.8. The van der Waals surface area contributed by atoms with Crippen LogP contribution in [0.25, 0.3) is 10.8 Å². The van der Waals surface area contributed by atoms with E-state index in [0.29, 0.717) is 49.6 Å². The third-order valence-corrected chi connectivity index (χ3v) is 15.1. The summed E-state index contributed by atoms with van der Waals surface area (Å²) in [7, 11) is 0. The summed E-state index contributed by atoms with van der Waals surface area (Å²) < 4.78 is 33.1. The van der Waals surface area contributed by atoms with Crippen LogP contribution in [-0.2, 0) is 25.6 Å². The number of hydrogen-bond donors (Lipinski definition) is 3. The summed E-state index contributed by atoms with van der Waals surface area (Å²) in [5.74, 6) is -1.44. The number of ether oxygens (including phenoxy) is 5. The van der Waals surface area contributed by atoms with Gasteiger partial charge in [0, 0.05) is 44.1 Å². The molecule has 7 unspecified atom stereocenters. The van der Waals surface area contributed by atoms with Crippen molar-refractivity contribution in [2.75, 3.05) is 39.6 Å². The molecule has 0 bridgehead atoms. The lowest BCUT2D eigenvalue weighted by Crippen LogP contribution is -2.70. The number of carbonyl (C=O) groups is 2. The number of hydrogen-bond acceptors (Lipinski definition) is 11. The van der Waals surface area contributed by atoms with E-state index >= 15 is 4.79 Å². The van der Waals surface area contributed by atoms with Crippen LogP contribution in [0.2, 0.25) is 0 Å². The van der Waals surface area contributed by atoms with Gasteiger partial charge >= 0.3 is 12.2 Å². The average molecular weight is 994 g/mol. The average Bonchev–Trinajstić information content (AvgIpc) is 3.39. The molecule has 2 aliphatic heterocycles. The van der Waals surface area contributed by atoms with Crippen LogP contribution >= 0.6 is 0 Å². The molecule has 0 aromatic heterocycles. The Balaban J connectivity index is 1.36. The molecule has 2 heterocycles. The lowest BCUT2D eigenvalue weighted by molar-refractivity contribution is -0.256. The van der Waals surface area contributed by atoms with Crippen molar-refractivity contribution in [2.45, 2.75) is 173 Å². The molecular formula is C59H83N3O10. The van der Waals surface area contributed by atoms with E-state index in [1.54, 1.807) is 12.1 Å². The number of amides is 2. The Morgan fingerprint density at radius 1 is 0.889 bits per heavy atom. The minimum atomic E-state index is -1.51. The third kappa shape index (κ3) is 14.0. The van der Waals surface area contributed by atoms with Crippen LogP contribution in [-0.4, -0.2) is 90.7 Å². The highest BCUT2D eigenvalue weighted by molar-refractivity contribution is 6.03. The molecule has 1 saturated heterocycles. The molecule has 0 spiro atoms. The zero-order valence-corrected chi connectivity index (χ0v) is 43.2. The molecule has 7 atom stereocenters. The number of nitrogens with zero attached hydrogens (tertiary/aromatic N) is 2. The molecule has 3 N–H and O–H groups in total. The highest BCUT2D eigenvalue weighted by atomic mass is 16.8. The van der Waals surface area contributed by atoms with E-state index < -0.39 is 36.2 Å². The zero-order valence-electron chi connectivity index (χ0n) is 43.2. The highest BCUT2D eigenvalue weighted by Gasteiger charge is 2.66. The number of oxime groups is 1. The first-order valence-corrected chi connectivity index (χ1v) is 27.6. The van der Waals surface area contributed by atoms with Crippen molar-refractivity contribution < 1.29 is 48.3 Å². The zero-order chi connectivity index (χ0) is 50.5. The van der Waals surface area contributed by atoms with Crippen LogP contribution in [0.1, 0.15) is 159 Å². The number of benzene rings is 3. The maximum atomic E-state index is 15.3. The molecule has 13 heteroatoms. The second kappa shape index (κ2) is 28.5. The molecule has 394 valence electrons. The molecule has 4 aliphatic rings. The third-order valence-electron chi connectivity index (χ3n) is 15.1. The summed E-state index contributed by atoms with van der Waals surface area (Å²) >= 11 is 0. The highest BCUT2D eigenvalue weighted by Crippen LogP contribution is 2.62. The Bertz CT molecular complexity index is 2240. The SMILES string of the molecule is C=CCOC12Oc3ccc(OC(=O)NCC)cc3C3C(CCCCO)C(CCCCO)C=C(C(=NOC4CCCCO4)CC1N(Cc1cccc4ccccc14)C(=O)OCCCCCCCCCCCC)C32. The van der Waals surface area contributed by atoms with Crippen LogP contribution in [0.3, 0.4) is 0 Å². The van der Waals surface area contributed by atoms with E-state index in [9.17, 15) is 15.0 Å². The Hall–Kier alpha value is -4.95. The lowest BCUT2D eigenvalue weighted by Gasteiger charge is -2.60. The van der Waals surface area contributed by atoms with E-state index in [4.69, 9.17) is 33.7 Å². The van der Waals surface area contributed by atoms with Gasteiger partial charge in [-0.1, -0.05) is 137 Å². The smallest absolute Gasteiger partial charge is 0.412 e. The van der Waals surface area contributed by atoms with Gasteiger partial charge in [0.05, 0.1) is 38.0 Å². The van der Waals surface area contributed by atoms with Crippen molar-refractivity contribution in [3.8, 4) is 11.5 Å². The van der Waals surface area contributed by atoms with E-state index in [1.165, 1.54) is 44.9 Å². The fourth-order valence-electron chi connectivity index (χ4n) is 11.7. The first-order chi connectivity index (χ1) is 35.3. The summed E-state index contributed by atoms with van der Waals surface area (Å²) in [4.78, 5) is 36.5. The molecule has 7 rings (SSSR count). The standard InChI is InChI=1S/C59H83N3O10/c1-4-7-8-9-10-11-12-13-14-22-38-68-58(66)62(42-45-28-24-27-43-25-15-16-29-47(43)45)53-41-51(61-72-54-31-19-23-37-67-54)49-39-44(26-17-20-34-63)48(30-18-21-35-64)55-50-40-46(70-57(65)60-6-3)32-33-52(50)71-59(53,56(49)55)69-36-5-2/h5,15-16,24-25,27-29,32-33,39-40,44,48,53-56,63-64H,2,4,6-14,17-23,26,30-31,34-38,41-42H2,1,3H3,(H,60,65). The van der Waals surface area contributed by atoms with E-state index in [1.807, 2.05) is 42.2 Å². The molecule has 3 aromatic rings. The quantitative estimate of drug-likeness (QED) is 0.0347. The first kappa shape index (κ1) is 54.8. The number of rotatable bonds is 29. The van der Waals surface area contributed by atoms with Crippen molar-refractivity contribution in [3.05, 3.63) is 96.1 Å². The van der Waals surface area contributed by atoms with Crippen molar-refractivity contribution in [1.29, 1.82) is 0 Å². The van der Waals surface area contributed by atoms with Gasteiger partial charge < -0.3 is 44.1 Å². The van der Waals surface area contributed by atoms with Crippen LogP contribution in [0.15, 0.2) is 90.1 Å². The van der Waals surface area contributed by atoms with Crippen LogP contribution in [0.4, 0.5) is 9.59 Å².